The maximum Gasteiger partial charge on any atom is 0.225 e. The largest absolute Gasteiger partial charge is 0.469 e. The highest BCUT2D eigenvalue weighted by Gasteiger charge is 2.32. The van der Waals surface area contributed by atoms with Gasteiger partial charge in [0, 0.05) is 31.8 Å². The van der Waals surface area contributed by atoms with Crippen molar-refractivity contribution in [1.82, 2.24) is 9.97 Å². The Morgan fingerprint density at radius 2 is 2.17 bits per heavy atom. The van der Waals surface area contributed by atoms with Crippen LogP contribution in [0.2, 0.25) is 0 Å². The SMILES string of the molecule is Cc1nc(N2CCC[C@@H](C)C2)nc2c1C(=O)C[C@@H](c1ccco1)C2. The molecule has 2 atom stereocenters. The molecule has 5 heteroatoms. The molecule has 1 saturated heterocycles. The monoisotopic (exact) mass is 325 g/mol. The zero-order valence-electron chi connectivity index (χ0n) is 14.3. The molecule has 0 bridgehead atoms. The number of hydrogen-bond donors (Lipinski definition) is 0. The number of aromatic nitrogens is 2. The highest BCUT2D eigenvalue weighted by molar-refractivity contribution is 5.99. The number of Topliss-reactive ketones (excluding diaryl/α,β-unsaturated/α-hetero) is 1. The van der Waals surface area contributed by atoms with Crippen LogP contribution in [0.5, 0.6) is 0 Å². The normalized spacial score (nSPS) is 24.1. The van der Waals surface area contributed by atoms with Crippen molar-refractivity contribution < 1.29 is 9.21 Å². The number of fused-ring (bicyclic) bond motifs is 1. The molecule has 4 rings (SSSR count). The van der Waals surface area contributed by atoms with Gasteiger partial charge in [0.1, 0.15) is 5.76 Å². The fraction of sp³-hybridized carbons (Fsp3) is 0.526. The van der Waals surface area contributed by atoms with Gasteiger partial charge in [-0.15, -0.1) is 0 Å². The molecule has 0 N–H and O–H groups in total. The number of carbonyl (C=O) groups is 1. The van der Waals surface area contributed by atoms with Gasteiger partial charge < -0.3 is 9.32 Å². The Morgan fingerprint density at radius 3 is 2.92 bits per heavy atom. The first-order chi connectivity index (χ1) is 11.6. The van der Waals surface area contributed by atoms with Crippen molar-refractivity contribution in [2.75, 3.05) is 18.0 Å². The van der Waals surface area contributed by atoms with Crippen LogP contribution in [0, 0.1) is 12.8 Å². The number of carbonyl (C=O) groups excluding carboxylic acids is 1. The predicted molar refractivity (Wildman–Crippen MR) is 91.5 cm³/mol. The summed E-state index contributed by atoms with van der Waals surface area (Å²) < 4.78 is 5.52. The second-order valence-corrected chi connectivity index (χ2v) is 7.17. The van der Waals surface area contributed by atoms with Gasteiger partial charge in [-0.05, 0) is 37.8 Å². The first-order valence-electron chi connectivity index (χ1n) is 8.81. The summed E-state index contributed by atoms with van der Waals surface area (Å²) in [5, 5.41) is 0. The second kappa shape index (κ2) is 6.04. The molecule has 1 aliphatic heterocycles. The average molecular weight is 325 g/mol. The van der Waals surface area contributed by atoms with Gasteiger partial charge in [0.05, 0.1) is 23.2 Å². The fourth-order valence-electron chi connectivity index (χ4n) is 4.00. The molecule has 3 heterocycles. The standard InChI is InChI=1S/C19H23N3O2/c1-12-5-3-7-22(11-12)19-20-13(2)18-15(21-19)9-14(10-16(18)23)17-6-4-8-24-17/h4,6,8,12,14H,3,5,7,9-11H2,1-2H3/t12-,14+/m1/s1. The predicted octanol–water partition coefficient (Wildman–Crippen LogP) is 3.53. The molecule has 0 aromatic carbocycles. The van der Waals surface area contributed by atoms with Crippen molar-refractivity contribution in [2.24, 2.45) is 5.92 Å². The number of rotatable bonds is 2. The van der Waals surface area contributed by atoms with Gasteiger partial charge >= 0.3 is 0 Å². The van der Waals surface area contributed by atoms with Gasteiger partial charge in [-0.3, -0.25) is 4.79 Å². The molecule has 0 radical (unpaired) electrons. The van der Waals surface area contributed by atoms with E-state index >= 15 is 0 Å². The third kappa shape index (κ3) is 2.72. The smallest absolute Gasteiger partial charge is 0.225 e. The van der Waals surface area contributed by atoms with E-state index in [1.54, 1.807) is 6.26 Å². The quantitative estimate of drug-likeness (QED) is 0.845. The summed E-state index contributed by atoms with van der Waals surface area (Å²) in [6.07, 6.45) is 5.33. The molecule has 0 spiro atoms. The van der Waals surface area contributed by atoms with Crippen molar-refractivity contribution >= 4 is 11.7 Å². The van der Waals surface area contributed by atoms with E-state index in [4.69, 9.17) is 9.40 Å². The molecule has 24 heavy (non-hydrogen) atoms. The van der Waals surface area contributed by atoms with Crippen LogP contribution in [0.15, 0.2) is 22.8 Å². The number of anilines is 1. The molecular formula is C19H23N3O2. The van der Waals surface area contributed by atoms with Gasteiger partial charge in [0.2, 0.25) is 5.95 Å². The zero-order chi connectivity index (χ0) is 16.7. The second-order valence-electron chi connectivity index (χ2n) is 7.17. The van der Waals surface area contributed by atoms with Crippen molar-refractivity contribution in [3.8, 4) is 0 Å². The van der Waals surface area contributed by atoms with Crippen molar-refractivity contribution in [3.63, 3.8) is 0 Å². The maximum atomic E-state index is 12.6. The minimum Gasteiger partial charge on any atom is -0.469 e. The van der Waals surface area contributed by atoms with Crippen molar-refractivity contribution in [2.45, 2.75) is 45.4 Å². The third-order valence-electron chi connectivity index (χ3n) is 5.19. The van der Waals surface area contributed by atoms with Crippen LogP contribution in [0.3, 0.4) is 0 Å². The lowest BCUT2D eigenvalue weighted by atomic mass is 9.84. The Bertz CT molecular complexity index is 754. The molecule has 5 nitrogen and oxygen atoms in total. The molecule has 2 aliphatic rings. The molecule has 1 aliphatic carbocycles. The lowest BCUT2D eigenvalue weighted by Crippen LogP contribution is -2.36. The Hall–Kier alpha value is -2.17. The summed E-state index contributed by atoms with van der Waals surface area (Å²) in [4.78, 5) is 24.3. The van der Waals surface area contributed by atoms with E-state index in [0.29, 0.717) is 12.3 Å². The number of furan rings is 1. The van der Waals surface area contributed by atoms with E-state index in [9.17, 15) is 4.79 Å². The van der Waals surface area contributed by atoms with E-state index in [-0.39, 0.29) is 11.7 Å². The third-order valence-corrected chi connectivity index (χ3v) is 5.19. The van der Waals surface area contributed by atoms with E-state index < -0.39 is 0 Å². The number of aryl methyl sites for hydroxylation is 1. The van der Waals surface area contributed by atoms with Crippen LogP contribution in [-0.2, 0) is 6.42 Å². The van der Waals surface area contributed by atoms with Crippen molar-refractivity contribution in [1.29, 1.82) is 0 Å². The number of nitrogens with zero attached hydrogens (tertiary/aromatic N) is 3. The molecular weight excluding hydrogens is 302 g/mol. The molecule has 0 amide bonds. The van der Waals surface area contributed by atoms with Crippen LogP contribution >= 0.6 is 0 Å². The number of hydrogen-bond acceptors (Lipinski definition) is 5. The Morgan fingerprint density at radius 1 is 1.29 bits per heavy atom. The maximum absolute atomic E-state index is 12.6. The molecule has 0 saturated carbocycles. The van der Waals surface area contributed by atoms with E-state index in [0.717, 1.165) is 48.2 Å². The number of piperidine rings is 1. The van der Waals surface area contributed by atoms with Crippen LogP contribution < -0.4 is 4.90 Å². The lowest BCUT2D eigenvalue weighted by Gasteiger charge is -2.32. The van der Waals surface area contributed by atoms with Crippen molar-refractivity contribution in [3.05, 3.63) is 41.1 Å². The molecule has 126 valence electrons. The average Bonchev–Trinajstić information content (AvgIpc) is 3.08. The highest BCUT2D eigenvalue weighted by atomic mass is 16.3. The van der Waals surface area contributed by atoms with E-state index in [1.165, 1.54) is 12.8 Å². The Kier molecular flexibility index (Phi) is 3.87. The molecule has 2 aromatic rings. The summed E-state index contributed by atoms with van der Waals surface area (Å²) in [5.41, 5.74) is 2.43. The summed E-state index contributed by atoms with van der Waals surface area (Å²) >= 11 is 0. The topological polar surface area (TPSA) is 59.2 Å². The highest BCUT2D eigenvalue weighted by Crippen LogP contribution is 2.34. The number of ketones is 1. The van der Waals surface area contributed by atoms with Gasteiger partial charge in [0.15, 0.2) is 5.78 Å². The minimum atomic E-state index is 0.0856. The summed E-state index contributed by atoms with van der Waals surface area (Å²) in [6.45, 7) is 6.20. The molecule has 1 fully saturated rings. The summed E-state index contributed by atoms with van der Waals surface area (Å²) in [6, 6.07) is 3.82. The Balaban J connectivity index is 1.68. The van der Waals surface area contributed by atoms with E-state index in [2.05, 4.69) is 16.8 Å². The van der Waals surface area contributed by atoms with Gasteiger partial charge in [-0.25, -0.2) is 9.97 Å². The summed E-state index contributed by atoms with van der Waals surface area (Å²) in [7, 11) is 0. The molecule has 2 aromatic heterocycles. The van der Waals surface area contributed by atoms with Crippen LogP contribution in [0.25, 0.3) is 0 Å². The van der Waals surface area contributed by atoms with Gasteiger partial charge in [-0.2, -0.15) is 0 Å². The first-order valence-corrected chi connectivity index (χ1v) is 8.81. The lowest BCUT2D eigenvalue weighted by molar-refractivity contribution is 0.0958. The van der Waals surface area contributed by atoms with Gasteiger partial charge in [0.25, 0.3) is 0 Å². The van der Waals surface area contributed by atoms with Crippen LogP contribution in [0.1, 0.15) is 59.6 Å². The summed E-state index contributed by atoms with van der Waals surface area (Å²) in [5.74, 6) is 2.54. The zero-order valence-corrected chi connectivity index (χ0v) is 14.3. The fourth-order valence-corrected chi connectivity index (χ4v) is 4.00. The Labute approximate surface area is 142 Å². The van der Waals surface area contributed by atoms with Crippen LogP contribution in [0.4, 0.5) is 5.95 Å². The van der Waals surface area contributed by atoms with Gasteiger partial charge in [-0.1, -0.05) is 6.92 Å². The van der Waals surface area contributed by atoms with E-state index in [1.807, 2.05) is 19.1 Å². The first kappa shape index (κ1) is 15.4. The minimum absolute atomic E-state index is 0.0856. The molecule has 0 unspecified atom stereocenters. The van der Waals surface area contributed by atoms with Crippen LogP contribution in [-0.4, -0.2) is 28.8 Å².